The number of hydrogen-bond acceptors (Lipinski definition) is 6. The predicted molar refractivity (Wildman–Crippen MR) is 103 cm³/mol. The zero-order valence-corrected chi connectivity index (χ0v) is 15.7. The molecule has 8 nitrogen and oxygen atoms in total. The molecule has 0 saturated heterocycles. The van der Waals surface area contributed by atoms with E-state index in [9.17, 15) is 14.4 Å². The number of hydrogen-bond donors (Lipinski definition) is 1. The summed E-state index contributed by atoms with van der Waals surface area (Å²) >= 11 is 0. The van der Waals surface area contributed by atoms with Gasteiger partial charge in [0.2, 0.25) is 5.91 Å². The van der Waals surface area contributed by atoms with Crippen LogP contribution in [0.15, 0.2) is 59.1 Å². The molecule has 0 spiro atoms. The lowest BCUT2D eigenvalue weighted by Gasteiger charge is -2.21. The van der Waals surface area contributed by atoms with Crippen LogP contribution in [0.2, 0.25) is 0 Å². The van der Waals surface area contributed by atoms with Gasteiger partial charge in [-0.05, 0) is 31.2 Å². The molecule has 0 saturated carbocycles. The number of imide groups is 1. The first-order valence-electron chi connectivity index (χ1n) is 9.16. The van der Waals surface area contributed by atoms with Crippen molar-refractivity contribution < 1.29 is 18.9 Å². The highest BCUT2D eigenvalue weighted by Gasteiger charge is 2.38. The number of fused-ring (bicyclic) bond motifs is 1. The van der Waals surface area contributed by atoms with Gasteiger partial charge in [0.05, 0.1) is 17.7 Å². The molecular weight excluding hydrogens is 372 g/mol. The summed E-state index contributed by atoms with van der Waals surface area (Å²) in [7, 11) is 0. The van der Waals surface area contributed by atoms with E-state index >= 15 is 0 Å². The Labute approximate surface area is 166 Å². The van der Waals surface area contributed by atoms with Crippen LogP contribution in [0.1, 0.15) is 39.9 Å². The van der Waals surface area contributed by atoms with E-state index in [-0.39, 0.29) is 30.7 Å². The van der Waals surface area contributed by atoms with Crippen molar-refractivity contribution in [2.24, 2.45) is 0 Å². The third-order valence-electron chi connectivity index (χ3n) is 4.68. The van der Waals surface area contributed by atoms with Gasteiger partial charge in [-0.25, -0.2) is 0 Å². The summed E-state index contributed by atoms with van der Waals surface area (Å²) in [6, 6.07) is 15.4. The van der Waals surface area contributed by atoms with Gasteiger partial charge in [0.1, 0.15) is 0 Å². The fourth-order valence-electron chi connectivity index (χ4n) is 3.24. The average Bonchev–Trinajstić information content (AvgIpc) is 3.31. The second kappa shape index (κ2) is 7.67. The van der Waals surface area contributed by atoms with Gasteiger partial charge in [-0.1, -0.05) is 35.5 Å². The lowest BCUT2D eigenvalue weighted by Crippen LogP contribution is -2.41. The molecule has 1 aromatic heterocycles. The number of amides is 3. The fraction of sp³-hybridized carbons (Fsp3) is 0.190. The Hall–Kier alpha value is -3.81. The first-order valence-corrected chi connectivity index (χ1v) is 9.16. The molecular formula is C21H18N4O4. The van der Waals surface area contributed by atoms with Gasteiger partial charge in [0, 0.05) is 18.0 Å². The van der Waals surface area contributed by atoms with Crippen LogP contribution in [0.25, 0.3) is 11.5 Å². The monoisotopic (exact) mass is 390 g/mol. The number of nitrogens with one attached hydrogen (secondary N) is 1. The van der Waals surface area contributed by atoms with Gasteiger partial charge in [0.25, 0.3) is 17.7 Å². The van der Waals surface area contributed by atoms with Gasteiger partial charge in [-0.15, -0.1) is 0 Å². The molecule has 29 heavy (non-hydrogen) atoms. The number of carbonyl (C=O) groups is 3. The standard InChI is InChI=1S/C21H18N4O4/c1-13(25-20(27)15-9-5-6-10-16(15)21(25)28)11-18(26)22-12-17-23-19(29-24-17)14-7-3-2-4-8-14/h2-10,13H,11-12H2,1H3,(H,22,26)/t13-/m1/s1. The van der Waals surface area contributed by atoms with Crippen molar-refractivity contribution >= 4 is 17.7 Å². The molecule has 0 aliphatic carbocycles. The van der Waals surface area contributed by atoms with Gasteiger partial charge in [-0.3, -0.25) is 19.3 Å². The lowest BCUT2D eigenvalue weighted by atomic mass is 10.1. The van der Waals surface area contributed by atoms with Crippen LogP contribution < -0.4 is 5.32 Å². The first-order chi connectivity index (χ1) is 14.0. The molecule has 0 radical (unpaired) electrons. The first kappa shape index (κ1) is 18.5. The maximum atomic E-state index is 12.5. The third kappa shape index (κ3) is 3.64. The van der Waals surface area contributed by atoms with Crippen LogP contribution >= 0.6 is 0 Å². The van der Waals surface area contributed by atoms with E-state index in [4.69, 9.17) is 4.52 Å². The van der Waals surface area contributed by atoms with Crippen LogP contribution in [0.4, 0.5) is 0 Å². The van der Waals surface area contributed by atoms with Crippen molar-refractivity contribution in [3.05, 3.63) is 71.5 Å². The minimum Gasteiger partial charge on any atom is -0.349 e. The Morgan fingerprint density at radius 1 is 1.03 bits per heavy atom. The molecule has 8 heteroatoms. The number of rotatable bonds is 6. The van der Waals surface area contributed by atoms with Crippen LogP contribution in [0.3, 0.4) is 0 Å². The molecule has 1 aliphatic rings. The smallest absolute Gasteiger partial charge is 0.261 e. The van der Waals surface area contributed by atoms with E-state index in [1.807, 2.05) is 30.3 Å². The zero-order valence-electron chi connectivity index (χ0n) is 15.7. The highest BCUT2D eigenvalue weighted by Crippen LogP contribution is 2.25. The van der Waals surface area contributed by atoms with Crippen molar-refractivity contribution in [3.63, 3.8) is 0 Å². The van der Waals surface area contributed by atoms with Crippen molar-refractivity contribution in [2.75, 3.05) is 0 Å². The Balaban J connectivity index is 1.34. The van der Waals surface area contributed by atoms with Crippen molar-refractivity contribution in [1.82, 2.24) is 20.4 Å². The van der Waals surface area contributed by atoms with Crippen LogP contribution in [-0.2, 0) is 11.3 Å². The third-order valence-corrected chi connectivity index (χ3v) is 4.68. The summed E-state index contributed by atoms with van der Waals surface area (Å²) in [6.07, 6.45) is -0.0190. The maximum Gasteiger partial charge on any atom is 0.261 e. The largest absolute Gasteiger partial charge is 0.349 e. The molecule has 1 N–H and O–H groups in total. The minimum atomic E-state index is -0.576. The van der Waals surface area contributed by atoms with Crippen molar-refractivity contribution in [2.45, 2.75) is 25.9 Å². The summed E-state index contributed by atoms with van der Waals surface area (Å²) < 4.78 is 5.20. The van der Waals surface area contributed by atoms with Crippen LogP contribution in [-0.4, -0.2) is 38.8 Å². The maximum absolute atomic E-state index is 12.5. The minimum absolute atomic E-state index is 0.0190. The van der Waals surface area contributed by atoms with E-state index in [0.29, 0.717) is 22.8 Å². The lowest BCUT2D eigenvalue weighted by molar-refractivity contribution is -0.122. The Bertz CT molecular complexity index is 1040. The molecule has 0 fully saturated rings. The van der Waals surface area contributed by atoms with Crippen molar-refractivity contribution in [3.8, 4) is 11.5 Å². The molecule has 2 heterocycles. The SMILES string of the molecule is C[C@H](CC(=O)NCc1noc(-c2ccccc2)n1)N1C(=O)c2ccccc2C1=O. The van der Waals surface area contributed by atoms with Crippen LogP contribution in [0, 0.1) is 0 Å². The highest BCUT2D eigenvalue weighted by atomic mass is 16.5. The zero-order chi connectivity index (χ0) is 20.4. The van der Waals surface area contributed by atoms with E-state index in [1.165, 1.54) is 0 Å². The number of carbonyl (C=O) groups excluding carboxylic acids is 3. The molecule has 0 bridgehead atoms. The second-order valence-corrected chi connectivity index (χ2v) is 6.74. The van der Waals surface area contributed by atoms with Crippen LogP contribution in [0.5, 0.6) is 0 Å². The van der Waals surface area contributed by atoms with E-state index in [0.717, 1.165) is 10.5 Å². The molecule has 1 atom stereocenters. The second-order valence-electron chi connectivity index (χ2n) is 6.74. The molecule has 146 valence electrons. The van der Waals surface area contributed by atoms with Gasteiger partial charge < -0.3 is 9.84 Å². The summed E-state index contributed by atoms with van der Waals surface area (Å²) in [6.45, 7) is 1.76. The Morgan fingerprint density at radius 3 is 2.31 bits per heavy atom. The molecule has 4 rings (SSSR count). The Kier molecular flexibility index (Phi) is 4.90. The van der Waals surface area contributed by atoms with Gasteiger partial charge in [0.15, 0.2) is 5.82 Å². The molecule has 2 aromatic carbocycles. The molecule has 1 aliphatic heterocycles. The quantitative estimate of drug-likeness (QED) is 0.648. The van der Waals surface area contributed by atoms with Crippen molar-refractivity contribution in [1.29, 1.82) is 0 Å². The number of aromatic nitrogens is 2. The Morgan fingerprint density at radius 2 is 1.66 bits per heavy atom. The topological polar surface area (TPSA) is 105 Å². The summed E-state index contributed by atoms with van der Waals surface area (Å²) in [5.74, 6) is -0.368. The average molecular weight is 390 g/mol. The molecule has 3 amide bonds. The normalized spacial score (nSPS) is 14.0. The van der Waals surface area contributed by atoms with Gasteiger partial charge >= 0.3 is 0 Å². The molecule has 3 aromatic rings. The summed E-state index contributed by atoms with van der Waals surface area (Å²) in [5.41, 5.74) is 1.52. The summed E-state index contributed by atoms with van der Waals surface area (Å²) in [5, 5.41) is 6.55. The van der Waals surface area contributed by atoms with E-state index < -0.39 is 6.04 Å². The van der Waals surface area contributed by atoms with Gasteiger partial charge in [-0.2, -0.15) is 4.98 Å². The number of benzene rings is 2. The fourth-order valence-corrected chi connectivity index (χ4v) is 3.24. The van der Waals surface area contributed by atoms with E-state index in [2.05, 4.69) is 15.5 Å². The van der Waals surface area contributed by atoms with E-state index in [1.54, 1.807) is 31.2 Å². The molecule has 0 unspecified atom stereocenters. The summed E-state index contributed by atoms with van der Waals surface area (Å²) in [4.78, 5) is 42.7. The highest BCUT2D eigenvalue weighted by molar-refractivity contribution is 6.21. The predicted octanol–water partition coefficient (Wildman–Crippen LogP) is 2.43. The number of nitrogens with zero attached hydrogens (tertiary/aromatic N) is 3.